The highest BCUT2D eigenvalue weighted by Crippen LogP contribution is 2.44. The normalized spacial score (nSPS) is 17.1. The lowest BCUT2D eigenvalue weighted by Crippen LogP contribution is -2.57. The first-order chi connectivity index (χ1) is 17.4. The Labute approximate surface area is 212 Å². The predicted octanol–water partition coefficient (Wildman–Crippen LogP) is 4.07. The van der Waals surface area contributed by atoms with Crippen LogP contribution in [0.25, 0.3) is 11.3 Å². The highest BCUT2D eigenvalue weighted by molar-refractivity contribution is 6.35. The second-order valence-corrected chi connectivity index (χ2v) is 9.05. The number of carbonyl (C=O) groups excluding carboxylic acids is 2. The number of hydrogen-bond donors (Lipinski definition) is 1. The molecule has 1 fully saturated rings. The van der Waals surface area contributed by atoms with E-state index in [4.69, 9.17) is 16.3 Å². The number of piperazine rings is 1. The van der Waals surface area contributed by atoms with E-state index in [0.29, 0.717) is 18.8 Å². The van der Waals surface area contributed by atoms with Crippen LogP contribution in [-0.4, -0.2) is 64.0 Å². The fourth-order valence-electron chi connectivity index (χ4n) is 4.69. The molecule has 36 heavy (non-hydrogen) atoms. The summed E-state index contributed by atoms with van der Waals surface area (Å²) in [6.07, 6.45) is 1.51. The quantitative estimate of drug-likeness (QED) is 0.538. The van der Waals surface area contributed by atoms with Crippen LogP contribution in [0.3, 0.4) is 0 Å². The lowest BCUT2D eigenvalue weighted by Gasteiger charge is -2.39. The van der Waals surface area contributed by atoms with Gasteiger partial charge >= 0.3 is 0 Å². The average molecular weight is 508 g/mol. The van der Waals surface area contributed by atoms with Crippen LogP contribution in [0, 0.1) is 5.82 Å². The number of fused-ring (bicyclic) bond motifs is 2. The zero-order chi connectivity index (χ0) is 25.4. The summed E-state index contributed by atoms with van der Waals surface area (Å²) in [6.45, 7) is 4.57. The predicted molar refractivity (Wildman–Crippen MR) is 133 cm³/mol. The minimum atomic E-state index is -0.703. The summed E-state index contributed by atoms with van der Waals surface area (Å²) < 4.78 is 20.9. The number of pyridine rings is 1. The molecule has 184 valence electrons. The van der Waals surface area contributed by atoms with Gasteiger partial charge in [0.15, 0.2) is 5.75 Å². The summed E-state index contributed by atoms with van der Waals surface area (Å²) >= 11 is 6.70. The highest BCUT2D eigenvalue weighted by Gasteiger charge is 2.39. The molecule has 9 heteroatoms. The van der Waals surface area contributed by atoms with Crippen LogP contribution in [0.2, 0.25) is 5.02 Å². The Morgan fingerprint density at radius 1 is 1.19 bits per heavy atom. The van der Waals surface area contributed by atoms with Crippen molar-refractivity contribution < 1.29 is 23.8 Å². The van der Waals surface area contributed by atoms with E-state index in [1.54, 1.807) is 9.80 Å². The summed E-state index contributed by atoms with van der Waals surface area (Å²) in [5.41, 5.74) is 1.27. The Hall–Kier alpha value is -3.91. The van der Waals surface area contributed by atoms with E-state index in [-0.39, 0.29) is 64.7 Å². The Balaban J connectivity index is 1.65. The maximum atomic E-state index is 14.8. The van der Waals surface area contributed by atoms with Crippen LogP contribution in [0.1, 0.15) is 21.6 Å². The topological polar surface area (TPSA) is 83.0 Å². The van der Waals surface area contributed by atoms with Crippen LogP contribution in [-0.2, 0) is 11.2 Å². The van der Waals surface area contributed by atoms with Gasteiger partial charge in [-0.2, -0.15) is 0 Å². The molecule has 3 aromatic rings. The Kier molecular flexibility index (Phi) is 6.36. The lowest BCUT2D eigenvalue weighted by molar-refractivity contribution is -0.128. The molecule has 2 aliphatic heterocycles. The van der Waals surface area contributed by atoms with E-state index in [0.717, 1.165) is 5.56 Å². The van der Waals surface area contributed by atoms with Crippen molar-refractivity contribution in [3.8, 4) is 22.8 Å². The molecule has 3 heterocycles. The molecule has 5 rings (SSSR count). The third kappa shape index (κ3) is 4.18. The van der Waals surface area contributed by atoms with Crippen LogP contribution in [0.4, 0.5) is 4.39 Å². The zero-order valence-electron chi connectivity index (χ0n) is 19.3. The molecule has 0 spiro atoms. The molecule has 1 atom stereocenters. The Bertz CT molecular complexity index is 1340. The average Bonchev–Trinajstić information content (AvgIpc) is 3.03. The Morgan fingerprint density at radius 2 is 1.97 bits per heavy atom. The van der Waals surface area contributed by atoms with E-state index >= 15 is 0 Å². The van der Waals surface area contributed by atoms with Gasteiger partial charge in [0.1, 0.15) is 28.8 Å². The molecule has 1 saturated heterocycles. The maximum Gasteiger partial charge on any atom is 0.260 e. The number of benzene rings is 2. The SMILES string of the molecule is C=CC(=O)N1CCN2C(=O)c3c(Cc4ccccc4)nc(-c4c(O)cccc4F)c(Cl)c3OC[C@H]2C1. The second kappa shape index (κ2) is 9.62. The molecule has 2 aromatic carbocycles. The number of aromatic hydroxyl groups is 1. The van der Waals surface area contributed by atoms with Gasteiger partial charge in [0, 0.05) is 26.1 Å². The highest BCUT2D eigenvalue weighted by atomic mass is 35.5. The first-order valence-corrected chi connectivity index (χ1v) is 11.9. The van der Waals surface area contributed by atoms with Crippen molar-refractivity contribution >= 4 is 23.4 Å². The second-order valence-electron chi connectivity index (χ2n) is 8.67. The van der Waals surface area contributed by atoms with E-state index in [1.165, 1.54) is 24.3 Å². The fourth-order valence-corrected chi connectivity index (χ4v) is 4.98. The first kappa shape index (κ1) is 23.8. The van der Waals surface area contributed by atoms with E-state index in [1.807, 2.05) is 30.3 Å². The zero-order valence-corrected chi connectivity index (χ0v) is 20.0. The largest absolute Gasteiger partial charge is 0.507 e. The lowest BCUT2D eigenvalue weighted by atomic mass is 10.00. The van der Waals surface area contributed by atoms with Crippen molar-refractivity contribution in [2.24, 2.45) is 0 Å². The number of hydrogen-bond acceptors (Lipinski definition) is 5. The van der Waals surface area contributed by atoms with Crippen molar-refractivity contribution in [3.05, 3.63) is 88.8 Å². The number of rotatable bonds is 4. The monoisotopic (exact) mass is 507 g/mol. The van der Waals surface area contributed by atoms with Crippen molar-refractivity contribution in [2.45, 2.75) is 12.5 Å². The molecule has 1 N–H and O–H groups in total. The van der Waals surface area contributed by atoms with Crippen molar-refractivity contribution in [2.75, 3.05) is 26.2 Å². The molecule has 2 aliphatic rings. The first-order valence-electron chi connectivity index (χ1n) is 11.5. The number of halogens is 2. The van der Waals surface area contributed by atoms with Gasteiger partial charge in [-0.3, -0.25) is 9.59 Å². The number of phenolic OH excluding ortho intramolecular Hbond substituents is 1. The number of ether oxygens (including phenoxy) is 1. The van der Waals surface area contributed by atoms with Crippen LogP contribution >= 0.6 is 11.6 Å². The number of nitrogens with zero attached hydrogens (tertiary/aromatic N) is 3. The molecule has 0 aliphatic carbocycles. The third-order valence-corrected chi connectivity index (χ3v) is 6.83. The maximum absolute atomic E-state index is 14.8. The van der Waals surface area contributed by atoms with Crippen LogP contribution in [0.15, 0.2) is 61.2 Å². The van der Waals surface area contributed by atoms with Gasteiger partial charge in [-0.05, 0) is 23.8 Å². The van der Waals surface area contributed by atoms with Crippen LogP contribution in [0.5, 0.6) is 11.5 Å². The number of aromatic nitrogens is 1. The van der Waals surface area contributed by atoms with Crippen molar-refractivity contribution in [1.82, 2.24) is 14.8 Å². The van der Waals surface area contributed by atoms with Gasteiger partial charge in [0.25, 0.3) is 5.91 Å². The number of carbonyl (C=O) groups is 2. The molecular formula is C27H23ClFN3O4. The minimum absolute atomic E-state index is 0.00641. The standard InChI is InChI=1S/C27H23ClFN3O4/c1-2-21(34)31-11-12-32-17(14-31)15-36-26-23(27(32)35)19(13-16-7-4-3-5-8-16)30-25(24(26)28)22-18(29)9-6-10-20(22)33/h2-10,17,33H,1,11-15H2/t17-/m1/s1. The van der Waals surface area contributed by atoms with Crippen LogP contribution < -0.4 is 4.74 Å². The summed E-state index contributed by atoms with van der Waals surface area (Å²) in [4.78, 5) is 34.0. The van der Waals surface area contributed by atoms with Crippen molar-refractivity contribution in [3.63, 3.8) is 0 Å². The molecule has 2 amide bonds. The number of amides is 2. The molecule has 1 aromatic heterocycles. The van der Waals surface area contributed by atoms with Gasteiger partial charge in [-0.25, -0.2) is 9.37 Å². The van der Waals surface area contributed by atoms with E-state index < -0.39 is 11.9 Å². The summed E-state index contributed by atoms with van der Waals surface area (Å²) in [6, 6.07) is 12.9. The van der Waals surface area contributed by atoms with Gasteiger partial charge < -0.3 is 19.6 Å². The Morgan fingerprint density at radius 3 is 2.69 bits per heavy atom. The van der Waals surface area contributed by atoms with Gasteiger partial charge in [-0.15, -0.1) is 0 Å². The molecule has 0 saturated carbocycles. The third-order valence-electron chi connectivity index (χ3n) is 6.48. The molecule has 0 bridgehead atoms. The molecule has 7 nitrogen and oxygen atoms in total. The fraction of sp³-hybridized carbons (Fsp3) is 0.222. The molecular weight excluding hydrogens is 485 g/mol. The molecule has 0 radical (unpaired) electrons. The van der Waals surface area contributed by atoms with Crippen molar-refractivity contribution in [1.29, 1.82) is 0 Å². The van der Waals surface area contributed by atoms with Gasteiger partial charge in [0.05, 0.1) is 23.0 Å². The smallest absolute Gasteiger partial charge is 0.260 e. The summed E-state index contributed by atoms with van der Waals surface area (Å²) in [5, 5.41) is 10.4. The summed E-state index contributed by atoms with van der Waals surface area (Å²) in [7, 11) is 0. The number of phenols is 1. The van der Waals surface area contributed by atoms with Gasteiger partial charge in [-0.1, -0.05) is 54.6 Å². The van der Waals surface area contributed by atoms with E-state index in [9.17, 15) is 19.1 Å². The van der Waals surface area contributed by atoms with Gasteiger partial charge in [0.2, 0.25) is 5.91 Å². The van der Waals surface area contributed by atoms with E-state index in [2.05, 4.69) is 11.6 Å². The summed E-state index contributed by atoms with van der Waals surface area (Å²) in [5.74, 6) is -1.47. The molecule has 0 unspecified atom stereocenters. The minimum Gasteiger partial charge on any atom is -0.507 e.